The van der Waals surface area contributed by atoms with Crippen LogP contribution >= 0.6 is 0 Å². The molecule has 0 aliphatic carbocycles. The molecule has 0 amide bonds. The summed E-state index contributed by atoms with van der Waals surface area (Å²) in [6.07, 6.45) is 9.57. The molecule has 0 radical (unpaired) electrons. The summed E-state index contributed by atoms with van der Waals surface area (Å²) >= 11 is 0. The van der Waals surface area contributed by atoms with Gasteiger partial charge in [0.15, 0.2) is 11.0 Å². The van der Waals surface area contributed by atoms with Crippen molar-refractivity contribution in [3.8, 4) is 0 Å². The van der Waals surface area contributed by atoms with Gasteiger partial charge in [-0.2, -0.15) is 9.97 Å². The van der Waals surface area contributed by atoms with E-state index in [2.05, 4.69) is 34.6 Å². The lowest BCUT2D eigenvalue weighted by atomic mass is 10.1. The zero-order chi connectivity index (χ0) is 31.0. The minimum absolute atomic E-state index is 0.0106. The first kappa shape index (κ1) is 33.2. The van der Waals surface area contributed by atoms with E-state index in [1.54, 1.807) is 12.1 Å². The van der Waals surface area contributed by atoms with Crippen LogP contribution in [0.5, 0.6) is 0 Å². The Kier molecular flexibility index (Phi) is 13.6. The van der Waals surface area contributed by atoms with E-state index in [4.69, 9.17) is 16.6 Å². The Balaban J connectivity index is 0.000000238. The molecule has 2 aliphatic heterocycles. The quantitative estimate of drug-likeness (QED) is 0.0982. The van der Waals surface area contributed by atoms with Crippen molar-refractivity contribution in [2.45, 2.75) is 64.2 Å². The predicted molar refractivity (Wildman–Crippen MR) is 159 cm³/mol. The fourth-order valence-electron chi connectivity index (χ4n) is 4.74. The predicted octanol–water partition coefficient (Wildman–Crippen LogP) is 0.948. The fourth-order valence-corrected chi connectivity index (χ4v) is 4.74. The normalized spacial score (nSPS) is 16.1. The molecule has 0 aromatic carbocycles. The summed E-state index contributed by atoms with van der Waals surface area (Å²) in [6.45, 7) is 4.91. The number of nitrogen functional groups attached to an aromatic ring is 2. The molecule has 2 aromatic rings. The van der Waals surface area contributed by atoms with E-state index in [1.807, 2.05) is 0 Å². The van der Waals surface area contributed by atoms with Crippen LogP contribution in [0.3, 0.4) is 0 Å². The van der Waals surface area contributed by atoms with Gasteiger partial charge in [-0.15, -0.1) is 19.6 Å². The van der Waals surface area contributed by atoms with Crippen molar-refractivity contribution in [2.24, 2.45) is 9.98 Å². The first-order valence-electron chi connectivity index (χ1n) is 14.9. The van der Waals surface area contributed by atoms with Crippen LogP contribution in [0.2, 0.25) is 0 Å². The molecular weight excluding hydrogens is 562 g/mol. The summed E-state index contributed by atoms with van der Waals surface area (Å²) in [7, 11) is 0. The number of piperidine rings is 2. The maximum atomic E-state index is 10.0. The van der Waals surface area contributed by atoms with Crippen LogP contribution in [0.4, 0.5) is 23.5 Å². The number of aliphatic hydroxyl groups excluding tert-OH is 1. The molecule has 4 rings (SSSR count). The lowest BCUT2D eigenvalue weighted by Gasteiger charge is -2.27. The second-order valence-corrected chi connectivity index (χ2v) is 10.3. The fraction of sp³-hybridized carbons (Fsp3) is 0.692. The Morgan fingerprint density at radius 3 is 1.65 bits per heavy atom. The van der Waals surface area contributed by atoms with Crippen LogP contribution in [-0.4, -0.2) is 92.5 Å². The summed E-state index contributed by atoms with van der Waals surface area (Å²) < 4.78 is 1.56. The summed E-state index contributed by atoms with van der Waals surface area (Å²) in [5.41, 5.74) is 12.2. The third-order valence-corrected chi connectivity index (χ3v) is 7.07. The third-order valence-electron chi connectivity index (χ3n) is 7.07. The minimum Gasteiger partial charge on any atom is -0.423 e. The van der Waals surface area contributed by atoms with Crippen molar-refractivity contribution in [1.29, 1.82) is 0 Å². The summed E-state index contributed by atoms with van der Waals surface area (Å²) in [5, 5.41) is 37.7. The average Bonchev–Trinajstić information content (AvgIpc) is 3.02. The molecule has 0 unspecified atom stereocenters. The van der Waals surface area contributed by atoms with Crippen LogP contribution in [-0.2, 0) is 4.84 Å². The Bertz CT molecular complexity index is 1290. The second-order valence-electron chi connectivity index (χ2n) is 10.3. The molecule has 43 heavy (non-hydrogen) atoms. The zero-order valence-corrected chi connectivity index (χ0v) is 24.6. The van der Waals surface area contributed by atoms with E-state index >= 15 is 0 Å². The first-order chi connectivity index (χ1) is 20.8. The van der Waals surface area contributed by atoms with Gasteiger partial charge in [0.05, 0.1) is 6.61 Å². The van der Waals surface area contributed by atoms with Gasteiger partial charge in [-0.3, -0.25) is 9.98 Å². The molecule has 0 atom stereocenters. The van der Waals surface area contributed by atoms with Gasteiger partial charge in [-0.05, 0) is 64.2 Å². The number of nitrogens with zero attached hydrogens (tertiary/aromatic N) is 9. The first-order valence-corrected chi connectivity index (χ1v) is 14.9. The molecule has 240 valence electrons. The number of aromatic nitrogens is 4. The van der Waals surface area contributed by atoms with Crippen molar-refractivity contribution in [2.75, 3.05) is 73.7 Å². The highest BCUT2D eigenvalue weighted by atomic mass is 16.9. The number of nitrogens with two attached hydrogens (primary N) is 2. The van der Waals surface area contributed by atoms with Crippen molar-refractivity contribution in [1.82, 2.24) is 19.4 Å². The van der Waals surface area contributed by atoms with E-state index in [0.29, 0.717) is 49.1 Å². The molecule has 2 saturated heterocycles. The molecule has 2 aliphatic rings. The number of anilines is 4. The number of aliphatic hydroxyl groups is 1. The highest BCUT2D eigenvalue weighted by Crippen LogP contribution is 2.17. The lowest BCUT2D eigenvalue weighted by Crippen LogP contribution is -2.33. The molecule has 0 bridgehead atoms. The highest BCUT2D eigenvalue weighted by molar-refractivity contribution is 5.42. The lowest BCUT2D eigenvalue weighted by molar-refractivity contribution is -0.757. The Hall–Kier alpha value is -4.28. The zero-order valence-electron chi connectivity index (χ0n) is 24.6. The molecule has 0 saturated carbocycles. The van der Waals surface area contributed by atoms with Gasteiger partial charge in [-0.1, -0.05) is 0 Å². The minimum atomic E-state index is -0.812. The van der Waals surface area contributed by atoms with Gasteiger partial charge in [0.25, 0.3) is 5.09 Å². The number of rotatable bonds is 12. The Morgan fingerprint density at radius 1 is 0.791 bits per heavy atom. The maximum absolute atomic E-state index is 10.0. The number of unbranched alkanes of at least 4 members (excludes halogenated alkanes) is 2. The monoisotopic (exact) mass is 607 g/mol. The van der Waals surface area contributed by atoms with E-state index in [1.165, 1.54) is 12.8 Å². The smallest absolute Gasteiger partial charge is 0.294 e. The van der Waals surface area contributed by atoms with E-state index in [0.717, 1.165) is 73.6 Å². The van der Waals surface area contributed by atoms with Gasteiger partial charge in [0.1, 0.15) is 11.6 Å². The number of hydrogen-bond acceptors (Lipinski definition) is 14. The Morgan fingerprint density at radius 2 is 1.23 bits per heavy atom. The van der Waals surface area contributed by atoms with Crippen molar-refractivity contribution >= 4 is 23.5 Å². The largest absolute Gasteiger partial charge is 0.423 e. The number of hydrogen-bond donors (Lipinski definition) is 5. The van der Waals surface area contributed by atoms with Crippen LogP contribution in [0.25, 0.3) is 0 Å². The molecule has 0 spiro atoms. The molecule has 4 heterocycles. The van der Waals surface area contributed by atoms with Crippen molar-refractivity contribution in [3.63, 3.8) is 0 Å². The van der Waals surface area contributed by atoms with Crippen LogP contribution < -0.4 is 32.2 Å². The molecule has 2 aromatic heterocycles. The van der Waals surface area contributed by atoms with Gasteiger partial charge in [0.2, 0.25) is 11.9 Å². The topological polar surface area (TPSA) is 232 Å². The Labute approximate surface area is 249 Å². The van der Waals surface area contributed by atoms with Crippen molar-refractivity contribution in [3.05, 3.63) is 33.2 Å². The van der Waals surface area contributed by atoms with Crippen molar-refractivity contribution < 1.29 is 25.4 Å². The molecular formula is C26H45N11O6. The summed E-state index contributed by atoms with van der Waals surface area (Å²) in [4.78, 5) is 35.6. The van der Waals surface area contributed by atoms with Crippen LogP contribution in [0, 0.1) is 10.1 Å². The standard InChI is InChI=1S/C13H22N6O4.C13H23N5O2/c14-13-16-12(17-7-3-1-4-8-17)10-11(18(13)20)15-6-2-5-9-23-19(21)22;14-13-16-12(17-7-3-1-4-8-17)10-11(18(13)20)15-6-2-5-9-19/h10,20H,1-9H2,(H2,14,16);10,19-20H,1-9H2,(H2,14,16). The second kappa shape index (κ2) is 17.6. The van der Waals surface area contributed by atoms with E-state index < -0.39 is 5.09 Å². The summed E-state index contributed by atoms with van der Waals surface area (Å²) in [5.74, 6) is 1.52. The van der Waals surface area contributed by atoms with Crippen LogP contribution in [0.15, 0.2) is 22.1 Å². The van der Waals surface area contributed by atoms with Gasteiger partial charge >= 0.3 is 0 Å². The van der Waals surface area contributed by atoms with Gasteiger partial charge in [0, 0.05) is 58.0 Å². The third kappa shape index (κ3) is 10.8. The SMILES string of the molecule is Nc1nc(N2CCCCC2)cc(=NCCCCO)n1O.Nc1nc(N2CCCCC2)cc(=NCCCCO[N+](=O)[O-])n1O. The van der Waals surface area contributed by atoms with Gasteiger partial charge < -0.3 is 41.6 Å². The summed E-state index contributed by atoms with van der Waals surface area (Å²) in [6, 6.07) is 3.47. The molecule has 17 nitrogen and oxygen atoms in total. The molecule has 17 heteroatoms. The molecule has 2 fully saturated rings. The maximum Gasteiger partial charge on any atom is 0.294 e. The van der Waals surface area contributed by atoms with E-state index in [9.17, 15) is 20.5 Å². The average molecular weight is 608 g/mol. The molecule has 7 N–H and O–H groups in total. The van der Waals surface area contributed by atoms with Gasteiger partial charge in [-0.25, -0.2) is 0 Å². The highest BCUT2D eigenvalue weighted by Gasteiger charge is 2.15. The van der Waals surface area contributed by atoms with Crippen LogP contribution in [0.1, 0.15) is 64.2 Å². The van der Waals surface area contributed by atoms with E-state index in [-0.39, 0.29) is 25.1 Å².